The summed E-state index contributed by atoms with van der Waals surface area (Å²) in [6, 6.07) is 34.3. The Morgan fingerprint density at radius 2 is 0.976 bits per heavy atom. The van der Waals surface area contributed by atoms with Crippen molar-refractivity contribution < 1.29 is 4.79 Å². The first-order chi connectivity index (χ1) is 20.1. The Balaban J connectivity index is 1.29. The normalized spacial score (nSPS) is 23.1. The van der Waals surface area contributed by atoms with Gasteiger partial charge in [-0.25, -0.2) is 0 Å². The Morgan fingerprint density at radius 1 is 0.619 bits per heavy atom. The molecule has 0 fully saturated rings. The number of rotatable bonds is 6. The molecule has 2 heterocycles. The lowest BCUT2D eigenvalue weighted by molar-refractivity contribution is -0.121. The highest BCUT2D eigenvalue weighted by atomic mass is 79.9. The lowest BCUT2D eigenvalue weighted by atomic mass is 9.70. The summed E-state index contributed by atoms with van der Waals surface area (Å²) in [6.07, 6.45) is 1.91. The molecule has 4 aromatic carbocycles. The van der Waals surface area contributed by atoms with Crippen LogP contribution in [-0.4, -0.2) is 31.0 Å². The summed E-state index contributed by atoms with van der Waals surface area (Å²) < 4.78 is 2.18. The first-order valence-electron chi connectivity index (χ1n) is 14.9. The second-order valence-corrected chi connectivity index (χ2v) is 14.2. The van der Waals surface area contributed by atoms with Crippen LogP contribution < -0.4 is 9.80 Å². The van der Waals surface area contributed by atoms with Gasteiger partial charge in [0, 0.05) is 44.2 Å². The van der Waals surface area contributed by atoms with Crippen LogP contribution in [0.4, 0.5) is 11.4 Å². The lowest BCUT2D eigenvalue weighted by Gasteiger charge is -2.47. The van der Waals surface area contributed by atoms with E-state index in [0.717, 1.165) is 34.9 Å². The summed E-state index contributed by atoms with van der Waals surface area (Å²) in [6.45, 7) is 10.5. The topological polar surface area (TPSA) is 23.6 Å². The zero-order chi connectivity index (χ0) is 29.6. The highest BCUT2D eigenvalue weighted by Crippen LogP contribution is 2.47. The van der Waals surface area contributed by atoms with Gasteiger partial charge < -0.3 is 9.80 Å². The van der Waals surface area contributed by atoms with E-state index in [1.807, 2.05) is 0 Å². The molecule has 42 heavy (non-hydrogen) atoms. The molecule has 3 nitrogen and oxygen atoms in total. The van der Waals surface area contributed by atoms with Crippen LogP contribution >= 0.6 is 31.9 Å². The van der Waals surface area contributed by atoms with Gasteiger partial charge in [0.05, 0.1) is 12.1 Å². The fourth-order valence-corrected chi connectivity index (χ4v) is 7.80. The summed E-state index contributed by atoms with van der Waals surface area (Å²) in [5.74, 6) is 0.263. The number of Topliss-reactive ketones (excluding diaryl/α,β-unsaturated/α-hetero) is 1. The third kappa shape index (κ3) is 4.93. The number of halogens is 2. The minimum atomic E-state index is -0.234. The number of ketones is 1. The Labute approximate surface area is 267 Å². The zero-order valence-electron chi connectivity index (χ0n) is 24.8. The molecule has 5 heteroatoms. The van der Waals surface area contributed by atoms with Crippen LogP contribution in [0.5, 0.6) is 0 Å². The average molecular weight is 687 g/mol. The number of fused-ring (bicyclic) bond motifs is 2. The molecule has 216 valence electrons. The van der Waals surface area contributed by atoms with Gasteiger partial charge in [0.2, 0.25) is 0 Å². The molecule has 0 radical (unpaired) electrons. The molecule has 2 aliphatic rings. The van der Waals surface area contributed by atoms with Crippen molar-refractivity contribution in [2.24, 2.45) is 0 Å². The van der Waals surface area contributed by atoms with Gasteiger partial charge in [0.15, 0.2) is 5.78 Å². The molecule has 0 aromatic heterocycles. The number of hydrogen-bond donors (Lipinski definition) is 0. The second kappa shape index (κ2) is 11.3. The van der Waals surface area contributed by atoms with Gasteiger partial charge in [-0.05, 0) is 85.3 Å². The molecule has 4 unspecified atom stereocenters. The first kappa shape index (κ1) is 29.2. The van der Waals surface area contributed by atoms with E-state index in [0.29, 0.717) is 0 Å². The quantitative estimate of drug-likeness (QED) is 0.202. The van der Waals surface area contributed by atoms with Gasteiger partial charge in [0.25, 0.3) is 0 Å². The second-order valence-electron chi connectivity index (χ2n) is 12.4. The summed E-state index contributed by atoms with van der Waals surface area (Å²) in [4.78, 5) is 19.0. The largest absolute Gasteiger partial charge is 0.361 e. The molecular weight excluding hydrogens is 648 g/mol. The van der Waals surface area contributed by atoms with E-state index in [1.54, 1.807) is 0 Å². The van der Waals surface area contributed by atoms with Crippen molar-refractivity contribution in [3.63, 3.8) is 0 Å². The number of carbonyl (C=O) groups excluding carboxylic acids is 1. The van der Waals surface area contributed by atoms with E-state index in [4.69, 9.17) is 0 Å². The average Bonchev–Trinajstić information content (AvgIpc) is 3.01. The molecule has 0 amide bonds. The van der Waals surface area contributed by atoms with E-state index in [1.165, 1.54) is 33.6 Å². The molecule has 0 saturated heterocycles. The van der Waals surface area contributed by atoms with Crippen molar-refractivity contribution in [3.8, 4) is 0 Å². The minimum Gasteiger partial charge on any atom is -0.361 e. The van der Waals surface area contributed by atoms with Crippen molar-refractivity contribution in [1.29, 1.82) is 0 Å². The van der Waals surface area contributed by atoms with Gasteiger partial charge in [-0.2, -0.15) is 0 Å². The van der Waals surface area contributed by atoms with Gasteiger partial charge in [0.1, 0.15) is 0 Å². The third-order valence-electron chi connectivity index (χ3n) is 10.0. The predicted octanol–water partition coefficient (Wildman–Crippen LogP) is 9.29. The van der Waals surface area contributed by atoms with Gasteiger partial charge in [-0.15, -0.1) is 0 Å². The van der Waals surface area contributed by atoms with Crippen LogP contribution in [0.25, 0.3) is 0 Å². The minimum absolute atomic E-state index is 0.106. The zero-order valence-corrected chi connectivity index (χ0v) is 28.0. The summed E-state index contributed by atoms with van der Waals surface area (Å²) in [5.41, 5.74) is 7.33. The van der Waals surface area contributed by atoms with Gasteiger partial charge in [-0.3, -0.25) is 4.79 Å². The van der Waals surface area contributed by atoms with E-state index in [2.05, 4.69) is 166 Å². The Bertz CT molecular complexity index is 1480. The number of hydrogen-bond acceptors (Lipinski definition) is 3. The van der Waals surface area contributed by atoms with Crippen LogP contribution in [0.3, 0.4) is 0 Å². The molecule has 2 aliphatic heterocycles. The van der Waals surface area contributed by atoms with Gasteiger partial charge in [-0.1, -0.05) is 106 Å². The molecule has 6 rings (SSSR count). The fraction of sp³-hybridized carbons (Fsp3) is 0.324. The maximum atomic E-state index is 14.3. The smallest absolute Gasteiger partial charge is 0.176 e. The van der Waals surface area contributed by atoms with Crippen molar-refractivity contribution in [3.05, 3.63) is 128 Å². The lowest BCUT2D eigenvalue weighted by Crippen LogP contribution is -2.54. The maximum absolute atomic E-state index is 14.3. The standard InChI is InChI=1S/C37H38Br2N2O/c1-25(40-23-21-36(3,27-13-17-29(38)18-14-27)31-9-5-7-11-33(31)40)35(42)26(2)41-24-22-37(4,28-15-19-30(39)20-16-28)32-10-6-8-12-34(32)41/h5-20,25-26H,21-24H2,1-4H3. The van der Waals surface area contributed by atoms with E-state index in [9.17, 15) is 4.79 Å². The number of benzene rings is 4. The number of para-hydroxylation sites is 2. The Kier molecular flexibility index (Phi) is 7.86. The summed E-state index contributed by atoms with van der Waals surface area (Å²) in [7, 11) is 0. The first-order valence-corrected chi connectivity index (χ1v) is 16.5. The van der Waals surface area contributed by atoms with Gasteiger partial charge >= 0.3 is 0 Å². The monoisotopic (exact) mass is 684 g/mol. The van der Waals surface area contributed by atoms with Crippen molar-refractivity contribution in [1.82, 2.24) is 0 Å². The molecule has 0 N–H and O–H groups in total. The predicted molar refractivity (Wildman–Crippen MR) is 182 cm³/mol. The molecule has 0 aliphatic carbocycles. The molecular formula is C37H38Br2N2O. The van der Waals surface area contributed by atoms with E-state index in [-0.39, 0.29) is 28.7 Å². The molecule has 0 bridgehead atoms. The maximum Gasteiger partial charge on any atom is 0.176 e. The summed E-state index contributed by atoms with van der Waals surface area (Å²) in [5, 5.41) is 0. The molecule has 4 aromatic rings. The van der Waals surface area contributed by atoms with Crippen molar-refractivity contribution in [2.75, 3.05) is 22.9 Å². The van der Waals surface area contributed by atoms with Crippen LogP contribution in [-0.2, 0) is 15.6 Å². The van der Waals surface area contributed by atoms with Crippen LogP contribution in [0.15, 0.2) is 106 Å². The number of carbonyl (C=O) groups is 1. The third-order valence-corrected chi connectivity index (χ3v) is 11.1. The van der Waals surface area contributed by atoms with E-state index < -0.39 is 0 Å². The van der Waals surface area contributed by atoms with Crippen LogP contribution in [0, 0.1) is 0 Å². The Hall–Kier alpha value is -2.89. The summed E-state index contributed by atoms with van der Waals surface area (Å²) >= 11 is 7.18. The van der Waals surface area contributed by atoms with E-state index >= 15 is 0 Å². The highest BCUT2D eigenvalue weighted by molar-refractivity contribution is 9.10. The number of nitrogens with zero attached hydrogens (tertiary/aromatic N) is 2. The van der Waals surface area contributed by atoms with Crippen molar-refractivity contribution in [2.45, 2.75) is 63.5 Å². The number of anilines is 2. The highest BCUT2D eigenvalue weighted by Gasteiger charge is 2.42. The fourth-order valence-electron chi connectivity index (χ4n) is 7.28. The Morgan fingerprint density at radius 3 is 1.36 bits per heavy atom. The molecule has 0 saturated carbocycles. The SMILES string of the molecule is CC(C(=O)C(C)N1CCC(C)(c2ccc(Br)cc2)c2ccccc21)N1CCC(C)(c2ccc(Br)cc2)c2ccccc21. The van der Waals surface area contributed by atoms with Crippen LogP contribution in [0.2, 0.25) is 0 Å². The van der Waals surface area contributed by atoms with Crippen LogP contribution in [0.1, 0.15) is 62.8 Å². The van der Waals surface area contributed by atoms with Crippen molar-refractivity contribution >= 4 is 49.0 Å². The molecule has 4 atom stereocenters. The molecule has 0 spiro atoms.